The van der Waals surface area contributed by atoms with Crippen molar-refractivity contribution in [1.29, 1.82) is 0 Å². The highest BCUT2D eigenvalue weighted by Gasteiger charge is 2.10. The van der Waals surface area contributed by atoms with Crippen LogP contribution in [-0.4, -0.2) is 28.6 Å². The van der Waals surface area contributed by atoms with Crippen LogP contribution in [0, 0.1) is 6.92 Å². The maximum atomic E-state index is 11.0. The first-order valence-corrected chi connectivity index (χ1v) is 10.0. The van der Waals surface area contributed by atoms with Crippen molar-refractivity contribution in [2.75, 3.05) is 13.2 Å². The van der Waals surface area contributed by atoms with Crippen LogP contribution >= 0.6 is 0 Å². The highest BCUT2D eigenvalue weighted by molar-refractivity contribution is 5.76. The van der Waals surface area contributed by atoms with Crippen molar-refractivity contribution in [3.05, 3.63) is 59.9 Å². The maximum Gasteiger partial charge on any atom is 0.216 e. The maximum absolute atomic E-state index is 11.0. The average molecular weight is 380 g/mol. The highest BCUT2D eigenvalue weighted by Crippen LogP contribution is 2.18. The van der Waals surface area contributed by atoms with Crippen molar-refractivity contribution < 1.29 is 9.53 Å². The summed E-state index contributed by atoms with van der Waals surface area (Å²) < 4.78 is 8.15. The number of nitrogens with one attached hydrogen (secondary N) is 1. The van der Waals surface area contributed by atoms with Crippen LogP contribution in [0.2, 0.25) is 0 Å². The Morgan fingerprint density at radius 3 is 2.64 bits per heavy atom. The molecule has 0 aliphatic heterocycles. The summed E-state index contributed by atoms with van der Waals surface area (Å²) in [7, 11) is 0. The van der Waals surface area contributed by atoms with Crippen LogP contribution in [0.5, 0.6) is 5.75 Å². The normalized spacial score (nSPS) is 10.9. The number of amides is 1. The molecule has 0 bridgehead atoms. The Hall–Kier alpha value is -2.82. The average Bonchev–Trinajstić information content (AvgIpc) is 3.04. The van der Waals surface area contributed by atoms with E-state index in [4.69, 9.17) is 9.72 Å². The first kappa shape index (κ1) is 19.9. The Bertz CT molecular complexity index is 900. The van der Waals surface area contributed by atoms with Crippen LogP contribution in [0.1, 0.15) is 37.6 Å². The topological polar surface area (TPSA) is 56.2 Å². The second-order valence-electron chi connectivity index (χ2n) is 7.12. The number of ether oxygens (including phenoxy) is 1. The van der Waals surface area contributed by atoms with Gasteiger partial charge in [0.05, 0.1) is 17.6 Å². The van der Waals surface area contributed by atoms with E-state index in [0.717, 1.165) is 49.3 Å². The highest BCUT2D eigenvalue weighted by atomic mass is 16.5. The molecule has 0 aliphatic rings. The number of carbonyl (C=O) groups excluding carboxylic acids is 1. The fourth-order valence-electron chi connectivity index (χ4n) is 3.27. The molecule has 0 saturated heterocycles. The van der Waals surface area contributed by atoms with Gasteiger partial charge in [-0.2, -0.15) is 0 Å². The lowest BCUT2D eigenvalue weighted by Gasteiger charge is -2.10. The number of benzene rings is 2. The lowest BCUT2D eigenvalue weighted by atomic mass is 10.2. The first-order chi connectivity index (χ1) is 13.6. The number of hydrogen-bond acceptors (Lipinski definition) is 3. The van der Waals surface area contributed by atoms with E-state index in [-0.39, 0.29) is 5.91 Å². The van der Waals surface area contributed by atoms with E-state index in [1.165, 1.54) is 11.1 Å². The molecule has 3 rings (SSSR count). The van der Waals surface area contributed by atoms with Crippen LogP contribution in [-0.2, 0) is 17.8 Å². The third-order valence-electron chi connectivity index (χ3n) is 4.75. The largest absolute Gasteiger partial charge is 0.494 e. The molecule has 1 N–H and O–H groups in total. The SMILES string of the molecule is CC(=O)NCCCc1nc2ccccc2n1CCCCOc1ccc(C)cc1. The van der Waals surface area contributed by atoms with E-state index in [1.54, 1.807) is 6.92 Å². The van der Waals surface area contributed by atoms with Crippen molar-refractivity contribution in [2.45, 2.75) is 46.1 Å². The summed E-state index contributed by atoms with van der Waals surface area (Å²) in [5.74, 6) is 2.03. The van der Waals surface area contributed by atoms with Gasteiger partial charge >= 0.3 is 0 Å². The number of para-hydroxylation sites is 2. The monoisotopic (exact) mass is 379 g/mol. The van der Waals surface area contributed by atoms with Crippen LogP contribution in [0.25, 0.3) is 11.0 Å². The zero-order valence-electron chi connectivity index (χ0n) is 16.8. The standard InChI is InChI=1S/C23H29N3O2/c1-18-11-13-20(14-12-18)28-17-6-5-16-26-22-9-4-3-8-21(22)25-23(26)10-7-15-24-19(2)27/h3-4,8-9,11-14H,5-7,10,15-17H2,1-2H3,(H,24,27). The third kappa shape index (κ3) is 5.59. The number of nitrogens with zero attached hydrogens (tertiary/aromatic N) is 2. The van der Waals surface area contributed by atoms with Gasteiger partial charge in [-0.05, 0) is 50.5 Å². The van der Waals surface area contributed by atoms with Gasteiger partial charge < -0.3 is 14.6 Å². The number of fused-ring (bicyclic) bond motifs is 1. The predicted molar refractivity (Wildman–Crippen MR) is 113 cm³/mol. The van der Waals surface area contributed by atoms with Gasteiger partial charge in [-0.3, -0.25) is 4.79 Å². The van der Waals surface area contributed by atoms with E-state index in [0.29, 0.717) is 13.2 Å². The van der Waals surface area contributed by atoms with E-state index in [1.807, 2.05) is 18.2 Å². The van der Waals surface area contributed by atoms with Gasteiger partial charge in [0.1, 0.15) is 11.6 Å². The number of aromatic nitrogens is 2. The van der Waals surface area contributed by atoms with Gasteiger partial charge in [0.15, 0.2) is 0 Å². The number of aryl methyl sites for hydroxylation is 3. The van der Waals surface area contributed by atoms with E-state index in [9.17, 15) is 4.79 Å². The number of imidazole rings is 1. The quantitative estimate of drug-likeness (QED) is 0.535. The molecular formula is C23H29N3O2. The Labute approximate surface area is 166 Å². The minimum absolute atomic E-state index is 0.0158. The molecule has 0 unspecified atom stereocenters. The Kier molecular flexibility index (Phi) is 7.06. The Balaban J connectivity index is 1.54. The fourth-order valence-corrected chi connectivity index (χ4v) is 3.27. The molecule has 1 amide bonds. The van der Waals surface area contributed by atoms with E-state index >= 15 is 0 Å². The molecule has 3 aromatic rings. The van der Waals surface area contributed by atoms with Gasteiger partial charge in [-0.15, -0.1) is 0 Å². The summed E-state index contributed by atoms with van der Waals surface area (Å²) >= 11 is 0. The van der Waals surface area contributed by atoms with Crippen LogP contribution in [0.4, 0.5) is 0 Å². The van der Waals surface area contributed by atoms with E-state index in [2.05, 4.69) is 47.1 Å². The molecule has 0 fully saturated rings. The smallest absolute Gasteiger partial charge is 0.216 e. The van der Waals surface area contributed by atoms with Gasteiger partial charge in [0, 0.05) is 26.4 Å². The summed E-state index contributed by atoms with van der Waals surface area (Å²) in [6.45, 7) is 5.95. The van der Waals surface area contributed by atoms with Gasteiger partial charge in [-0.25, -0.2) is 4.98 Å². The molecule has 2 aromatic carbocycles. The number of carbonyl (C=O) groups is 1. The van der Waals surface area contributed by atoms with Crippen molar-refractivity contribution in [3.63, 3.8) is 0 Å². The summed E-state index contributed by atoms with van der Waals surface area (Å²) in [5, 5.41) is 2.86. The van der Waals surface area contributed by atoms with Gasteiger partial charge in [0.25, 0.3) is 0 Å². The molecular weight excluding hydrogens is 350 g/mol. The first-order valence-electron chi connectivity index (χ1n) is 10.0. The van der Waals surface area contributed by atoms with Gasteiger partial charge in [-0.1, -0.05) is 29.8 Å². The second kappa shape index (κ2) is 9.93. The van der Waals surface area contributed by atoms with Crippen molar-refractivity contribution in [1.82, 2.24) is 14.9 Å². The number of rotatable bonds is 10. The summed E-state index contributed by atoms with van der Waals surface area (Å²) in [6.07, 6.45) is 3.77. The van der Waals surface area contributed by atoms with E-state index < -0.39 is 0 Å². The minimum Gasteiger partial charge on any atom is -0.494 e. The molecule has 5 nitrogen and oxygen atoms in total. The summed E-state index contributed by atoms with van der Waals surface area (Å²) in [5.41, 5.74) is 3.45. The molecule has 1 aromatic heterocycles. The fraction of sp³-hybridized carbons (Fsp3) is 0.391. The van der Waals surface area contributed by atoms with Crippen molar-refractivity contribution in [3.8, 4) is 5.75 Å². The second-order valence-corrected chi connectivity index (χ2v) is 7.12. The molecule has 5 heteroatoms. The number of hydrogen-bond donors (Lipinski definition) is 1. The number of unbranched alkanes of at least 4 members (excludes halogenated alkanes) is 1. The van der Waals surface area contributed by atoms with Crippen molar-refractivity contribution >= 4 is 16.9 Å². The molecule has 28 heavy (non-hydrogen) atoms. The lowest BCUT2D eigenvalue weighted by Crippen LogP contribution is -2.21. The third-order valence-corrected chi connectivity index (χ3v) is 4.75. The van der Waals surface area contributed by atoms with Gasteiger partial charge in [0.2, 0.25) is 5.91 Å². The van der Waals surface area contributed by atoms with Crippen LogP contribution in [0.3, 0.4) is 0 Å². The Morgan fingerprint density at radius 2 is 1.86 bits per heavy atom. The zero-order valence-corrected chi connectivity index (χ0v) is 16.8. The molecule has 1 heterocycles. The van der Waals surface area contributed by atoms with Crippen LogP contribution < -0.4 is 10.1 Å². The Morgan fingerprint density at radius 1 is 1.07 bits per heavy atom. The minimum atomic E-state index is 0.0158. The molecule has 0 atom stereocenters. The summed E-state index contributed by atoms with van der Waals surface area (Å²) in [6, 6.07) is 16.4. The zero-order chi connectivity index (χ0) is 19.8. The lowest BCUT2D eigenvalue weighted by molar-refractivity contribution is -0.118. The van der Waals surface area contributed by atoms with Crippen molar-refractivity contribution in [2.24, 2.45) is 0 Å². The molecule has 0 aliphatic carbocycles. The van der Waals surface area contributed by atoms with Crippen LogP contribution in [0.15, 0.2) is 48.5 Å². The predicted octanol–water partition coefficient (Wildman–Crippen LogP) is 4.27. The summed E-state index contributed by atoms with van der Waals surface area (Å²) in [4.78, 5) is 15.8. The molecule has 0 radical (unpaired) electrons. The molecule has 0 spiro atoms. The molecule has 148 valence electrons. The molecule has 0 saturated carbocycles.